The summed E-state index contributed by atoms with van der Waals surface area (Å²) < 4.78 is 10.5. The lowest BCUT2D eigenvalue weighted by atomic mass is 10.2. The van der Waals surface area contributed by atoms with Crippen LogP contribution in [0.5, 0.6) is 11.5 Å². The predicted octanol–water partition coefficient (Wildman–Crippen LogP) is 2.62. The van der Waals surface area contributed by atoms with E-state index in [1.165, 1.54) is 12.4 Å². The molecule has 0 fully saturated rings. The van der Waals surface area contributed by atoms with Crippen LogP contribution >= 0.6 is 0 Å². The maximum absolute atomic E-state index is 11.9. The van der Waals surface area contributed by atoms with Gasteiger partial charge in [-0.25, -0.2) is 9.97 Å². The van der Waals surface area contributed by atoms with Crippen LogP contribution in [0.3, 0.4) is 0 Å². The van der Waals surface area contributed by atoms with Crippen LogP contribution in [0.15, 0.2) is 30.6 Å². The van der Waals surface area contributed by atoms with Crippen LogP contribution in [-0.2, 0) is 0 Å². The van der Waals surface area contributed by atoms with Gasteiger partial charge < -0.3 is 20.1 Å². The predicted molar refractivity (Wildman–Crippen MR) is 92.0 cm³/mol. The van der Waals surface area contributed by atoms with Crippen molar-refractivity contribution in [3.63, 3.8) is 0 Å². The van der Waals surface area contributed by atoms with E-state index in [-0.39, 0.29) is 11.6 Å². The second kappa shape index (κ2) is 8.14. The highest BCUT2D eigenvalue weighted by atomic mass is 16.5. The van der Waals surface area contributed by atoms with Crippen LogP contribution < -0.4 is 20.1 Å². The molecule has 24 heavy (non-hydrogen) atoms. The van der Waals surface area contributed by atoms with Crippen LogP contribution in [0, 0.1) is 5.92 Å². The van der Waals surface area contributed by atoms with Crippen molar-refractivity contribution in [3.8, 4) is 11.5 Å². The van der Waals surface area contributed by atoms with Crippen LogP contribution in [0.1, 0.15) is 24.3 Å². The number of carbonyl (C=O) groups is 1. The summed E-state index contributed by atoms with van der Waals surface area (Å²) in [7, 11) is 3.16. The SMILES string of the molecule is COc1ccc(Nc2cnc(C(=O)NCC(C)C)cn2)cc1OC. The second-order valence-corrected chi connectivity index (χ2v) is 5.59. The summed E-state index contributed by atoms with van der Waals surface area (Å²) in [5.41, 5.74) is 1.06. The van der Waals surface area contributed by atoms with Gasteiger partial charge >= 0.3 is 0 Å². The third-order valence-corrected chi connectivity index (χ3v) is 3.21. The number of nitrogens with zero attached hydrogens (tertiary/aromatic N) is 2. The van der Waals surface area contributed by atoms with Gasteiger partial charge in [-0.3, -0.25) is 4.79 Å². The molecular formula is C17H22N4O3. The number of hydrogen-bond donors (Lipinski definition) is 2. The van der Waals surface area contributed by atoms with Crippen molar-refractivity contribution in [2.75, 3.05) is 26.1 Å². The quantitative estimate of drug-likeness (QED) is 0.812. The fraction of sp³-hybridized carbons (Fsp3) is 0.353. The summed E-state index contributed by atoms with van der Waals surface area (Å²) in [4.78, 5) is 20.3. The molecule has 0 spiro atoms. The van der Waals surface area contributed by atoms with Crippen molar-refractivity contribution in [2.45, 2.75) is 13.8 Å². The van der Waals surface area contributed by atoms with Crippen molar-refractivity contribution >= 4 is 17.4 Å². The zero-order chi connectivity index (χ0) is 17.5. The summed E-state index contributed by atoms with van der Waals surface area (Å²) in [6.45, 7) is 4.66. The Labute approximate surface area is 141 Å². The van der Waals surface area contributed by atoms with Gasteiger partial charge in [0.1, 0.15) is 11.5 Å². The first-order valence-corrected chi connectivity index (χ1v) is 7.62. The molecule has 0 unspecified atom stereocenters. The number of amides is 1. The number of ether oxygens (including phenoxy) is 2. The zero-order valence-electron chi connectivity index (χ0n) is 14.3. The Kier molecular flexibility index (Phi) is 5.95. The lowest BCUT2D eigenvalue weighted by Crippen LogP contribution is -2.28. The monoisotopic (exact) mass is 330 g/mol. The molecule has 0 aliphatic heterocycles. The summed E-state index contributed by atoms with van der Waals surface area (Å²) >= 11 is 0. The van der Waals surface area contributed by atoms with Gasteiger partial charge in [0, 0.05) is 18.3 Å². The van der Waals surface area contributed by atoms with E-state index >= 15 is 0 Å². The average Bonchev–Trinajstić information content (AvgIpc) is 2.60. The first-order valence-electron chi connectivity index (χ1n) is 7.62. The van der Waals surface area contributed by atoms with Gasteiger partial charge in [-0.2, -0.15) is 0 Å². The smallest absolute Gasteiger partial charge is 0.271 e. The molecule has 2 aromatic rings. The molecule has 0 bridgehead atoms. The lowest BCUT2D eigenvalue weighted by Gasteiger charge is -2.11. The number of carbonyl (C=O) groups excluding carboxylic acids is 1. The molecule has 0 atom stereocenters. The fourth-order valence-electron chi connectivity index (χ4n) is 1.96. The minimum atomic E-state index is -0.228. The Morgan fingerprint density at radius 1 is 1.12 bits per heavy atom. The molecule has 2 rings (SSSR count). The van der Waals surface area contributed by atoms with Crippen LogP contribution in [0.2, 0.25) is 0 Å². The van der Waals surface area contributed by atoms with E-state index in [2.05, 4.69) is 20.6 Å². The summed E-state index contributed by atoms with van der Waals surface area (Å²) in [5.74, 6) is 1.94. The Morgan fingerprint density at radius 3 is 2.46 bits per heavy atom. The van der Waals surface area contributed by atoms with E-state index in [1.807, 2.05) is 19.9 Å². The van der Waals surface area contributed by atoms with E-state index in [0.29, 0.717) is 29.8 Å². The van der Waals surface area contributed by atoms with Crippen molar-refractivity contribution in [1.82, 2.24) is 15.3 Å². The molecule has 1 aromatic carbocycles. The molecule has 7 nitrogen and oxygen atoms in total. The normalized spacial score (nSPS) is 10.4. The Hall–Kier alpha value is -2.83. The third kappa shape index (κ3) is 4.58. The molecular weight excluding hydrogens is 308 g/mol. The van der Waals surface area contributed by atoms with Gasteiger partial charge in [0.15, 0.2) is 11.5 Å². The van der Waals surface area contributed by atoms with Crippen LogP contribution in [-0.4, -0.2) is 36.6 Å². The van der Waals surface area contributed by atoms with Gasteiger partial charge in [0.25, 0.3) is 5.91 Å². The number of benzene rings is 1. The molecule has 1 heterocycles. The topological polar surface area (TPSA) is 85.4 Å². The summed E-state index contributed by atoms with van der Waals surface area (Å²) in [6, 6.07) is 5.43. The standard InChI is InChI=1S/C17H22N4O3/c1-11(2)8-20-17(22)13-9-19-16(10-18-13)21-12-5-6-14(23-3)15(7-12)24-4/h5-7,9-11H,8H2,1-4H3,(H,19,21)(H,20,22). The second-order valence-electron chi connectivity index (χ2n) is 5.59. The molecule has 0 saturated heterocycles. The minimum Gasteiger partial charge on any atom is -0.493 e. The molecule has 2 N–H and O–H groups in total. The number of rotatable bonds is 7. The molecule has 7 heteroatoms. The van der Waals surface area contributed by atoms with Crippen molar-refractivity contribution < 1.29 is 14.3 Å². The maximum atomic E-state index is 11.9. The first kappa shape index (κ1) is 17.5. The first-order chi connectivity index (χ1) is 11.5. The van der Waals surface area contributed by atoms with Crippen LogP contribution in [0.4, 0.5) is 11.5 Å². The zero-order valence-corrected chi connectivity index (χ0v) is 14.3. The molecule has 128 valence electrons. The third-order valence-electron chi connectivity index (χ3n) is 3.21. The molecule has 0 aliphatic rings. The minimum absolute atomic E-state index is 0.228. The number of hydrogen-bond acceptors (Lipinski definition) is 6. The van der Waals surface area contributed by atoms with Gasteiger partial charge in [0.2, 0.25) is 0 Å². The van der Waals surface area contributed by atoms with Gasteiger partial charge in [-0.15, -0.1) is 0 Å². The van der Waals surface area contributed by atoms with E-state index in [4.69, 9.17) is 9.47 Å². The number of methoxy groups -OCH3 is 2. The molecule has 0 radical (unpaired) electrons. The number of aromatic nitrogens is 2. The van der Waals surface area contributed by atoms with Crippen molar-refractivity contribution in [2.24, 2.45) is 5.92 Å². The van der Waals surface area contributed by atoms with E-state index in [1.54, 1.807) is 26.4 Å². The van der Waals surface area contributed by atoms with E-state index in [0.717, 1.165) is 5.69 Å². The largest absolute Gasteiger partial charge is 0.493 e. The average molecular weight is 330 g/mol. The lowest BCUT2D eigenvalue weighted by molar-refractivity contribution is 0.0943. The fourth-order valence-corrected chi connectivity index (χ4v) is 1.96. The molecule has 1 amide bonds. The Bertz CT molecular complexity index is 687. The highest BCUT2D eigenvalue weighted by Crippen LogP contribution is 2.30. The van der Waals surface area contributed by atoms with Gasteiger partial charge in [0.05, 0.1) is 26.6 Å². The number of anilines is 2. The molecule has 1 aromatic heterocycles. The van der Waals surface area contributed by atoms with Gasteiger partial charge in [-0.05, 0) is 18.1 Å². The highest BCUT2D eigenvalue weighted by molar-refractivity contribution is 5.92. The van der Waals surface area contributed by atoms with E-state index in [9.17, 15) is 4.79 Å². The molecule has 0 saturated carbocycles. The Morgan fingerprint density at radius 2 is 1.88 bits per heavy atom. The highest BCUT2D eigenvalue weighted by Gasteiger charge is 2.09. The van der Waals surface area contributed by atoms with Crippen molar-refractivity contribution in [1.29, 1.82) is 0 Å². The van der Waals surface area contributed by atoms with Crippen molar-refractivity contribution in [3.05, 3.63) is 36.3 Å². The Balaban J connectivity index is 2.05. The van der Waals surface area contributed by atoms with Crippen LogP contribution in [0.25, 0.3) is 0 Å². The van der Waals surface area contributed by atoms with E-state index < -0.39 is 0 Å². The maximum Gasteiger partial charge on any atom is 0.271 e. The number of nitrogens with one attached hydrogen (secondary N) is 2. The summed E-state index contributed by atoms with van der Waals surface area (Å²) in [6.07, 6.45) is 2.96. The molecule has 0 aliphatic carbocycles. The summed E-state index contributed by atoms with van der Waals surface area (Å²) in [5, 5.41) is 5.91. The van der Waals surface area contributed by atoms with Gasteiger partial charge in [-0.1, -0.05) is 13.8 Å².